The fourth-order valence-electron chi connectivity index (χ4n) is 0.823. The van der Waals surface area contributed by atoms with Crippen LogP contribution in [0.1, 0.15) is 13.3 Å². The number of thioether (sulfide) groups is 1. The van der Waals surface area contributed by atoms with Gasteiger partial charge in [-0.15, -0.1) is 0 Å². The van der Waals surface area contributed by atoms with Crippen molar-refractivity contribution in [2.24, 2.45) is 0 Å². The number of carboxylic acids is 1. The Kier molecular flexibility index (Phi) is 4.61. The van der Waals surface area contributed by atoms with Crippen LogP contribution in [0.25, 0.3) is 0 Å². The molecule has 0 amide bonds. The maximum atomic E-state index is 10.6. The van der Waals surface area contributed by atoms with Crippen molar-refractivity contribution >= 4 is 29.3 Å². The molecule has 1 rings (SSSR count). The Bertz CT molecular complexity index is 322. The van der Waals surface area contributed by atoms with Crippen molar-refractivity contribution in [1.82, 2.24) is 9.36 Å². The second kappa shape index (κ2) is 5.77. The largest absolute Gasteiger partial charge is 0.478 e. The highest BCUT2D eigenvalue weighted by molar-refractivity contribution is 8.01. The molecule has 0 unspecified atom stereocenters. The molecule has 0 saturated heterocycles. The molecule has 1 aromatic rings. The smallest absolute Gasteiger partial charge is 0.331 e. The first-order valence-electron chi connectivity index (χ1n) is 4.05. The summed E-state index contributed by atoms with van der Waals surface area (Å²) in [5.74, 6) is -0.213. The van der Waals surface area contributed by atoms with Crippen molar-refractivity contribution in [3.05, 3.63) is 18.0 Å². The first kappa shape index (κ1) is 11.2. The average molecular weight is 230 g/mol. The van der Waals surface area contributed by atoms with Gasteiger partial charge in [-0.1, -0.05) is 24.8 Å². The summed E-state index contributed by atoms with van der Waals surface area (Å²) in [5.41, 5.74) is 0.446. The van der Waals surface area contributed by atoms with E-state index >= 15 is 0 Å². The van der Waals surface area contributed by atoms with Gasteiger partial charge in [0.15, 0.2) is 4.34 Å². The van der Waals surface area contributed by atoms with E-state index < -0.39 is 5.97 Å². The van der Waals surface area contributed by atoms with Gasteiger partial charge >= 0.3 is 5.97 Å². The molecule has 1 N–H and O–H groups in total. The van der Waals surface area contributed by atoms with Crippen LogP contribution in [0, 0.1) is 0 Å². The summed E-state index contributed by atoms with van der Waals surface area (Å²) in [4.78, 5) is 14.6. The third-order valence-corrected chi connectivity index (χ3v) is 3.26. The Morgan fingerprint density at radius 3 is 3.07 bits per heavy atom. The highest BCUT2D eigenvalue weighted by Crippen LogP contribution is 2.18. The van der Waals surface area contributed by atoms with Crippen LogP contribution >= 0.6 is 23.3 Å². The van der Waals surface area contributed by atoms with Gasteiger partial charge in [-0.05, 0) is 18.0 Å². The molecule has 0 aliphatic rings. The van der Waals surface area contributed by atoms with Gasteiger partial charge in [0.1, 0.15) is 6.33 Å². The predicted molar refractivity (Wildman–Crippen MR) is 56.6 cm³/mol. The van der Waals surface area contributed by atoms with Crippen LogP contribution < -0.4 is 0 Å². The van der Waals surface area contributed by atoms with Gasteiger partial charge in [0.25, 0.3) is 0 Å². The Balaban J connectivity index is 2.42. The lowest BCUT2D eigenvalue weighted by molar-refractivity contribution is -0.132. The van der Waals surface area contributed by atoms with Crippen molar-refractivity contribution in [2.75, 3.05) is 5.75 Å². The minimum atomic E-state index is -0.842. The molecule has 0 aliphatic heterocycles. The number of hydrogen-bond acceptors (Lipinski definition) is 5. The lowest BCUT2D eigenvalue weighted by Gasteiger charge is -1.96. The summed E-state index contributed by atoms with van der Waals surface area (Å²) in [6.07, 6.45) is 3.76. The fraction of sp³-hybridized carbons (Fsp3) is 0.375. The maximum Gasteiger partial charge on any atom is 0.331 e. The molecule has 0 bridgehead atoms. The topological polar surface area (TPSA) is 63.1 Å². The van der Waals surface area contributed by atoms with Crippen LogP contribution in [-0.2, 0) is 4.79 Å². The zero-order valence-electron chi connectivity index (χ0n) is 7.64. The van der Waals surface area contributed by atoms with Gasteiger partial charge < -0.3 is 5.11 Å². The van der Waals surface area contributed by atoms with E-state index in [1.165, 1.54) is 29.6 Å². The number of hydrogen-bond donors (Lipinski definition) is 1. The zero-order valence-corrected chi connectivity index (χ0v) is 9.27. The number of aromatic nitrogens is 2. The molecule has 4 nitrogen and oxygen atoms in total. The maximum absolute atomic E-state index is 10.6. The van der Waals surface area contributed by atoms with E-state index in [4.69, 9.17) is 5.11 Å². The van der Waals surface area contributed by atoms with Crippen molar-refractivity contribution in [2.45, 2.75) is 17.7 Å². The lowest BCUT2D eigenvalue weighted by Crippen LogP contribution is -1.99. The molecular weight excluding hydrogens is 220 g/mol. The SMILES string of the molecule is CCC(=CCSc1ncns1)C(=O)O. The minimum Gasteiger partial charge on any atom is -0.478 e. The zero-order chi connectivity index (χ0) is 10.4. The van der Waals surface area contributed by atoms with E-state index in [-0.39, 0.29) is 0 Å². The second-order valence-electron chi connectivity index (χ2n) is 2.41. The summed E-state index contributed by atoms with van der Waals surface area (Å²) < 4.78 is 4.71. The number of aliphatic carboxylic acids is 1. The molecule has 6 heteroatoms. The van der Waals surface area contributed by atoms with E-state index in [9.17, 15) is 4.79 Å². The van der Waals surface area contributed by atoms with E-state index in [1.807, 2.05) is 6.92 Å². The number of rotatable bonds is 5. The van der Waals surface area contributed by atoms with Gasteiger partial charge in [-0.2, -0.15) is 4.37 Å². The van der Waals surface area contributed by atoms with Crippen molar-refractivity contribution in [1.29, 1.82) is 0 Å². The van der Waals surface area contributed by atoms with Crippen LogP contribution in [0.15, 0.2) is 22.3 Å². The second-order valence-corrected chi connectivity index (χ2v) is 4.45. The third-order valence-electron chi connectivity index (χ3n) is 1.53. The number of carbonyl (C=O) groups is 1. The molecular formula is C8H10N2O2S2. The van der Waals surface area contributed by atoms with Crippen LogP contribution in [0.3, 0.4) is 0 Å². The summed E-state index contributed by atoms with van der Waals surface area (Å²) in [5, 5.41) is 8.73. The minimum absolute atomic E-state index is 0.446. The highest BCUT2D eigenvalue weighted by Gasteiger charge is 2.03. The standard InChI is InChI=1S/C8H10N2O2S2/c1-2-6(7(11)12)3-4-13-8-9-5-10-14-8/h3,5H,2,4H2,1H3,(H,11,12). The van der Waals surface area contributed by atoms with E-state index in [2.05, 4.69) is 9.36 Å². The Morgan fingerprint density at radius 1 is 1.79 bits per heavy atom. The lowest BCUT2D eigenvalue weighted by atomic mass is 10.2. The molecule has 1 aromatic heterocycles. The number of nitrogens with zero attached hydrogens (tertiary/aromatic N) is 2. The van der Waals surface area contributed by atoms with Gasteiger partial charge in [0.05, 0.1) is 0 Å². The molecule has 0 atom stereocenters. The Morgan fingerprint density at radius 2 is 2.57 bits per heavy atom. The molecule has 0 fully saturated rings. The normalized spacial score (nSPS) is 11.6. The Labute approximate surface area is 90.2 Å². The summed E-state index contributed by atoms with van der Waals surface area (Å²) in [7, 11) is 0. The summed E-state index contributed by atoms with van der Waals surface area (Å²) in [6.45, 7) is 1.83. The van der Waals surface area contributed by atoms with E-state index in [1.54, 1.807) is 6.08 Å². The average Bonchev–Trinajstić information content (AvgIpc) is 2.64. The van der Waals surface area contributed by atoms with Crippen molar-refractivity contribution < 1.29 is 9.90 Å². The molecule has 1 heterocycles. The van der Waals surface area contributed by atoms with Crippen molar-refractivity contribution in [3.8, 4) is 0 Å². The van der Waals surface area contributed by atoms with Crippen molar-refractivity contribution in [3.63, 3.8) is 0 Å². The summed E-state index contributed by atoms with van der Waals surface area (Å²) >= 11 is 2.81. The predicted octanol–water partition coefficient (Wildman–Crippen LogP) is 2.05. The van der Waals surface area contributed by atoms with Crippen LogP contribution in [0.5, 0.6) is 0 Å². The fourth-order valence-corrected chi connectivity index (χ4v) is 2.19. The van der Waals surface area contributed by atoms with E-state index in [0.717, 1.165) is 4.34 Å². The molecule has 0 radical (unpaired) electrons. The van der Waals surface area contributed by atoms with E-state index in [0.29, 0.717) is 17.7 Å². The molecule has 0 aliphatic carbocycles. The van der Waals surface area contributed by atoms with Gasteiger partial charge in [-0.25, -0.2) is 9.78 Å². The quantitative estimate of drug-likeness (QED) is 0.619. The monoisotopic (exact) mass is 230 g/mol. The number of carboxylic acid groups (broad SMARTS) is 1. The van der Waals surface area contributed by atoms with Gasteiger partial charge in [0.2, 0.25) is 0 Å². The van der Waals surface area contributed by atoms with Crippen LogP contribution in [0.2, 0.25) is 0 Å². The van der Waals surface area contributed by atoms with Crippen LogP contribution in [-0.4, -0.2) is 26.2 Å². The first-order chi connectivity index (χ1) is 6.74. The first-order valence-corrected chi connectivity index (χ1v) is 5.81. The molecule has 14 heavy (non-hydrogen) atoms. The molecule has 76 valence electrons. The highest BCUT2D eigenvalue weighted by atomic mass is 32.2. The third kappa shape index (κ3) is 3.47. The Hall–Kier alpha value is -0.880. The molecule has 0 spiro atoms. The van der Waals surface area contributed by atoms with Crippen LogP contribution in [0.4, 0.5) is 0 Å². The van der Waals surface area contributed by atoms with Gasteiger partial charge in [-0.3, -0.25) is 0 Å². The molecule has 0 aromatic carbocycles. The summed E-state index contributed by atoms with van der Waals surface area (Å²) in [6, 6.07) is 0. The van der Waals surface area contributed by atoms with Gasteiger partial charge in [0, 0.05) is 11.3 Å². The molecule has 0 saturated carbocycles.